The van der Waals surface area contributed by atoms with Crippen LogP contribution in [0.25, 0.3) is 10.9 Å². The Kier molecular flexibility index (Phi) is 7.20. The van der Waals surface area contributed by atoms with Crippen LogP contribution in [0, 0.1) is 13.8 Å². The van der Waals surface area contributed by atoms with E-state index in [1.54, 1.807) is 18.9 Å². The SMILES string of the molecule is COCCn1nnnc1C(c1cc2c(C)cc(C)cc2[nH]c1=O)N1CCN(c2ccc(OC)cc2)CC1. The van der Waals surface area contributed by atoms with Gasteiger partial charge >= 0.3 is 0 Å². The van der Waals surface area contributed by atoms with Gasteiger partial charge in [-0.3, -0.25) is 9.69 Å². The first-order valence-corrected chi connectivity index (χ1v) is 12.5. The number of nitrogens with zero attached hydrogens (tertiary/aromatic N) is 6. The van der Waals surface area contributed by atoms with Crippen molar-refractivity contribution >= 4 is 16.6 Å². The zero-order valence-corrected chi connectivity index (χ0v) is 21.8. The second-order valence-electron chi connectivity index (χ2n) is 9.47. The first-order valence-electron chi connectivity index (χ1n) is 12.5. The molecule has 0 bridgehead atoms. The Balaban J connectivity index is 1.51. The average Bonchev–Trinajstić information content (AvgIpc) is 3.36. The van der Waals surface area contributed by atoms with Crippen LogP contribution in [0.4, 0.5) is 5.69 Å². The topological polar surface area (TPSA) is 101 Å². The molecule has 0 aliphatic carbocycles. The van der Waals surface area contributed by atoms with Gasteiger partial charge in [-0.2, -0.15) is 0 Å². The number of fused-ring (bicyclic) bond motifs is 1. The van der Waals surface area contributed by atoms with Crippen LogP contribution in [-0.4, -0.2) is 77.1 Å². The van der Waals surface area contributed by atoms with Crippen LogP contribution in [0.1, 0.15) is 28.6 Å². The second kappa shape index (κ2) is 10.7. The van der Waals surface area contributed by atoms with Gasteiger partial charge in [-0.1, -0.05) is 6.07 Å². The van der Waals surface area contributed by atoms with E-state index in [1.807, 2.05) is 31.2 Å². The number of piperazine rings is 1. The van der Waals surface area contributed by atoms with Crippen LogP contribution in [0.15, 0.2) is 47.3 Å². The number of hydrogen-bond donors (Lipinski definition) is 1. The number of pyridine rings is 1. The summed E-state index contributed by atoms with van der Waals surface area (Å²) in [6.07, 6.45) is 0. The standard InChI is InChI=1S/C27H33N7O3/c1-18-15-19(2)22-17-23(27(35)28-24(22)16-18)25(26-29-30-31-34(26)13-14-36-3)33-11-9-32(10-12-33)20-5-7-21(37-4)8-6-20/h5-8,15-17,25H,9-14H2,1-4H3,(H,28,35). The molecule has 1 atom stereocenters. The Morgan fingerprint density at radius 1 is 1.03 bits per heavy atom. The molecule has 37 heavy (non-hydrogen) atoms. The monoisotopic (exact) mass is 503 g/mol. The first kappa shape index (κ1) is 24.9. The molecule has 1 saturated heterocycles. The molecule has 194 valence electrons. The van der Waals surface area contributed by atoms with Crippen LogP contribution in [0.2, 0.25) is 0 Å². The van der Waals surface area contributed by atoms with Crippen LogP contribution in [0.3, 0.4) is 0 Å². The summed E-state index contributed by atoms with van der Waals surface area (Å²) in [6.45, 7) is 8.21. The van der Waals surface area contributed by atoms with Crippen LogP contribution in [0.5, 0.6) is 5.75 Å². The lowest BCUT2D eigenvalue weighted by molar-refractivity contribution is 0.171. The number of methoxy groups -OCH3 is 2. The zero-order chi connectivity index (χ0) is 25.9. The van der Waals surface area contributed by atoms with Gasteiger partial charge in [-0.05, 0) is 71.8 Å². The Morgan fingerprint density at radius 3 is 2.49 bits per heavy atom. The zero-order valence-electron chi connectivity index (χ0n) is 21.8. The maximum Gasteiger partial charge on any atom is 0.253 e. The van der Waals surface area contributed by atoms with Crippen molar-refractivity contribution in [2.24, 2.45) is 0 Å². The summed E-state index contributed by atoms with van der Waals surface area (Å²) in [5, 5.41) is 13.6. The summed E-state index contributed by atoms with van der Waals surface area (Å²) in [7, 11) is 3.32. The molecule has 1 N–H and O–H groups in total. The fourth-order valence-electron chi connectivity index (χ4n) is 5.17. The Hall–Kier alpha value is -3.76. The third-order valence-corrected chi connectivity index (χ3v) is 7.06. The minimum absolute atomic E-state index is 0.124. The second-order valence-corrected chi connectivity index (χ2v) is 9.47. The Morgan fingerprint density at radius 2 is 1.78 bits per heavy atom. The molecule has 10 nitrogen and oxygen atoms in total. The molecule has 0 amide bonds. The molecule has 2 aromatic heterocycles. The van der Waals surface area contributed by atoms with Crippen LogP contribution < -0.4 is 15.2 Å². The lowest BCUT2D eigenvalue weighted by Gasteiger charge is -2.39. The molecule has 1 aliphatic rings. The molecule has 1 aliphatic heterocycles. The Labute approximate surface area is 215 Å². The van der Waals surface area contributed by atoms with Crippen molar-refractivity contribution in [2.45, 2.75) is 26.4 Å². The fraction of sp³-hybridized carbons (Fsp3) is 0.407. The number of aromatic amines is 1. The van der Waals surface area contributed by atoms with E-state index in [4.69, 9.17) is 9.47 Å². The van der Waals surface area contributed by atoms with E-state index in [0.29, 0.717) is 24.5 Å². The highest BCUT2D eigenvalue weighted by Crippen LogP contribution is 2.30. The molecule has 3 heterocycles. The summed E-state index contributed by atoms with van der Waals surface area (Å²) in [4.78, 5) is 21.3. The minimum atomic E-state index is -0.390. The van der Waals surface area contributed by atoms with Gasteiger partial charge in [0.2, 0.25) is 0 Å². The van der Waals surface area contributed by atoms with Gasteiger partial charge in [-0.15, -0.1) is 5.10 Å². The lowest BCUT2D eigenvalue weighted by atomic mass is 9.99. The number of nitrogens with one attached hydrogen (secondary N) is 1. The molecule has 4 aromatic rings. The molecule has 2 aromatic carbocycles. The van der Waals surface area contributed by atoms with E-state index in [-0.39, 0.29) is 5.56 Å². The minimum Gasteiger partial charge on any atom is -0.497 e. The molecule has 10 heteroatoms. The van der Waals surface area contributed by atoms with Crippen LogP contribution in [-0.2, 0) is 11.3 Å². The number of rotatable bonds is 8. The number of ether oxygens (including phenoxy) is 2. The number of benzene rings is 2. The first-order chi connectivity index (χ1) is 18.0. The third kappa shape index (κ3) is 5.07. The normalized spacial score (nSPS) is 15.3. The molecule has 0 radical (unpaired) electrons. The van der Waals surface area contributed by atoms with Crippen molar-refractivity contribution in [3.05, 3.63) is 75.3 Å². The largest absolute Gasteiger partial charge is 0.497 e. The highest BCUT2D eigenvalue weighted by molar-refractivity contribution is 5.83. The van der Waals surface area contributed by atoms with E-state index < -0.39 is 6.04 Å². The van der Waals surface area contributed by atoms with Crippen molar-refractivity contribution in [1.29, 1.82) is 0 Å². The van der Waals surface area contributed by atoms with Gasteiger partial charge in [0.15, 0.2) is 5.82 Å². The summed E-state index contributed by atoms with van der Waals surface area (Å²) in [5.74, 6) is 1.48. The van der Waals surface area contributed by atoms with E-state index in [1.165, 1.54) is 0 Å². The van der Waals surface area contributed by atoms with E-state index in [9.17, 15) is 4.79 Å². The number of hydrogen-bond acceptors (Lipinski definition) is 8. The molecule has 1 unspecified atom stereocenters. The highest BCUT2D eigenvalue weighted by Gasteiger charge is 2.33. The summed E-state index contributed by atoms with van der Waals surface area (Å²) in [5.41, 5.74) is 4.75. The van der Waals surface area contributed by atoms with Gasteiger partial charge in [-0.25, -0.2) is 4.68 Å². The number of tetrazole rings is 1. The predicted octanol–water partition coefficient (Wildman–Crippen LogP) is 2.70. The molecule has 0 spiro atoms. The van der Waals surface area contributed by atoms with Crippen molar-refractivity contribution in [2.75, 3.05) is 51.9 Å². The van der Waals surface area contributed by atoms with Crippen molar-refractivity contribution in [3.63, 3.8) is 0 Å². The molecule has 1 fully saturated rings. The van der Waals surface area contributed by atoms with Gasteiger partial charge < -0.3 is 19.4 Å². The lowest BCUT2D eigenvalue weighted by Crippen LogP contribution is -2.49. The molecule has 5 rings (SSSR count). The maximum absolute atomic E-state index is 13.5. The van der Waals surface area contributed by atoms with Gasteiger partial charge in [0.05, 0.1) is 20.3 Å². The molecule has 0 saturated carbocycles. The van der Waals surface area contributed by atoms with Crippen molar-refractivity contribution in [1.82, 2.24) is 30.1 Å². The maximum atomic E-state index is 13.5. The molecular formula is C27H33N7O3. The number of anilines is 1. The van der Waals surface area contributed by atoms with Gasteiger partial charge in [0, 0.05) is 55.4 Å². The summed E-state index contributed by atoms with van der Waals surface area (Å²) in [6, 6.07) is 13.9. The van der Waals surface area contributed by atoms with Gasteiger partial charge in [0.1, 0.15) is 11.8 Å². The number of H-pyrrole nitrogens is 1. The van der Waals surface area contributed by atoms with Crippen molar-refractivity contribution < 1.29 is 9.47 Å². The van der Waals surface area contributed by atoms with E-state index in [2.05, 4.69) is 55.4 Å². The predicted molar refractivity (Wildman–Crippen MR) is 142 cm³/mol. The van der Waals surface area contributed by atoms with E-state index in [0.717, 1.165) is 59.6 Å². The quantitative estimate of drug-likeness (QED) is 0.392. The van der Waals surface area contributed by atoms with Gasteiger partial charge in [0.25, 0.3) is 5.56 Å². The number of aryl methyl sites for hydroxylation is 2. The average molecular weight is 504 g/mol. The third-order valence-electron chi connectivity index (χ3n) is 7.06. The summed E-state index contributed by atoms with van der Waals surface area (Å²) >= 11 is 0. The fourth-order valence-corrected chi connectivity index (χ4v) is 5.17. The highest BCUT2D eigenvalue weighted by atomic mass is 16.5. The van der Waals surface area contributed by atoms with Crippen LogP contribution >= 0.6 is 0 Å². The molecular weight excluding hydrogens is 470 g/mol. The van der Waals surface area contributed by atoms with Crippen molar-refractivity contribution in [3.8, 4) is 5.75 Å². The summed E-state index contributed by atoms with van der Waals surface area (Å²) < 4.78 is 12.3. The Bertz CT molecular complexity index is 1420. The van der Waals surface area contributed by atoms with E-state index >= 15 is 0 Å². The number of aromatic nitrogens is 5. The smallest absolute Gasteiger partial charge is 0.253 e.